The second kappa shape index (κ2) is 8.21. The highest BCUT2D eigenvalue weighted by Gasteiger charge is 2.35. The molecular formula is C14H22ClN3O5S. The molecular weight excluding hydrogens is 358 g/mol. The second-order valence-electron chi connectivity index (χ2n) is 5.77. The lowest BCUT2D eigenvalue weighted by Crippen LogP contribution is -2.52. The van der Waals surface area contributed by atoms with Gasteiger partial charge in [0.25, 0.3) is 5.69 Å². The van der Waals surface area contributed by atoms with E-state index in [0.29, 0.717) is 12.2 Å². The highest BCUT2D eigenvalue weighted by Crippen LogP contribution is 2.23. The Labute approximate surface area is 147 Å². The molecule has 1 heterocycles. The minimum absolute atomic E-state index is 0. The van der Waals surface area contributed by atoms with Crippen molar-refractivity contribution in [3.05, 3.63) is 33.9 Å². The molecule has 0 aliphatic carbocycles. The van der Waals surface area contributed by atoms with Crippen LogP contribution in [0.25, 0.3) is 0 Å². The summed E-state index contributed by atoms with van der Waals surface area (Å²) >= 11 is 0. The van der Waals surface area contributed by atoms with Crippen molar-refractivity contribution in [2.45, 2.75) is 30.2 Å². The minimum Gasteiger partial charge on any atom is -0.383 e. The van der Waals surface area contributed by atoms with Crippen molar-refractivity contribution in [3.8, 4) is 0 Å². The van der Waals surface area contributed by atoms with Gasteiger partial charge in [-0.3, -0.25) is 10.1 Å². The molecule has 1 fully saturated rings. The Balaban J connectivity index is 0.00000288. The summed E-state index contributed by atoms with van der Waals surface area (Å²) in [5, 5.41) is 14.1. The number of hydrogen-bond acceptors (Lipinski definition) is 6. The standard InChI is InChI=1S/C14H21N3O5S.ClH/c1-11-8-12(4-5-13(11)17(18)19)23(20,21)16-9-14(10-22-2)6-3-7-15-14;/h4-5,8,15-16H,3,6-7,9-10H2,1-2H3;1H. The first-order chi connectivity index (χ1) is 10.8. The first kappa shape index (κ1) is 20.8. The maximum Gasteiger partial charge on any atom is 0.272 e. The summed E-state index contributed by atoms with van der Waals surface area (Å²) in [6, 6.07) is 3.77. The fourth-order valence-corrected chi connectivity index (χ4v) is 4.00. The molecule has 2 N–H and O–H groups in total. The molecule has 1 saturated heterocycles. The molecule has 24 heavy (non-hydrogen) atoms. The van der Waals surface area contributed by atoms with Gasteiger partial charge < -0.3 is 10.1 Å². The predicted octanol–water partition coefficient (Wildman–Crippen LogP) is 1.37. The molecule has 1 aliphatic heterocycles. The molecule has 0 aromatic heterocycles. The average Bonchev–Trinajstić information content (AvgIpc) is 2.94. The van der Waals surface area contributed by atoms with Crippen LogP contribution in [0.5, 0.6) is 0 Å². The van der Waals surface area contributed by atoms with Crippen LogP contribution in [0, 0.1) is 17.0 Å². The number of nitro groups is 1. The lowest BCUT2D eigenvalue weighted by Gasteiger charge is -2.28. The Morgan fingerprint density at radius 1 is 1.46 bits per heavy atom. The first-order valence-electron chi connectivity index (χ1n) is 7.28. The van der Waals surface area contributed by atoms with Crippen molar-refractivity contribution in [1.82, 2.24) is 10.0 Å². The SMILES string of the molecule is COCC1(CNS(=O)(=O)c2ccc([N+](=O)[O-])c(C)c2)CCCN1.Cl. The van der Waals surface area contributed by atoms with Crippen LogP contribution in [-0.2, 0) is 14.8 Å². The van der Waals surface area contributed by atoms with Crippen LogP contribution >= 0.6 is 12.4 Å². The Morgan fingerprint density at radius 3 is 2.67 bits per heavy atom. The molecule has 0 bridgehead atoms. The molecule has 0 radical (unpaired) electrons. The zero-order chi connectivity index (χ0) is 17.1. The monoisotopic (exact) mass is 379 g/mol. The zero-order valence-corrected chi connectivity index (χ0v) is 15.2. The minimum atomic E-state index is -3.74. The lowest BCUT2D eigenvalue weighted by atomic mass is 9.99. The van der Waals surface area contributed by atoms with Crippen LogP contribution in [0.3, 0.4) is 0 Å². The third-order valence-electron chi connectivity index (χ3n) is 4.03. The van der Waals surface area contributed by atoms with Gasteiger partial charge in [0.2, 0.25) is 10.0 Å². The fraction of sp³-hybridized carbons (Fsp3) is 0.571. The number of nitrogens with zero attached hydrogens (tertiary/aromatic N) is 1. The van der Waals surface area contributed by atoms with Crippen LogP contribution in [0.2, 0.25) is 0 Å². The smallest absolute Gasteiger partial charge is 0.272 e. The normalized spacial score (nSPS) is 20.6. The molecule has 0 spiro atoms. The summed E-state index contributed by atoms with van der Waals surface area (Å²) in [6.07, 6.45) is 1.78. The number of benzene rings is 1. The summed E-state index contributed by atoms with van der Waals surface area (Å²) < 4.78 is 32.6. The molecule has 1 aliphatic rings. The van der Waals surface area contributed by atoms with Crippen LogP contribution in [-0.4, -0.2) is 45.7 Å². The molecule has 1 aromatic carbocycles. The molecule has 0 saturated carbocycles. The predicted molar refractivity (Wildman–Crippen MR) is 92.1 cm³/mol. The van der Waals surface area contributed by atoms with E-state index in [0.717, 1.165) is 19.4 Å². The number of aryl methyl sites for hydroxylation is 1. The highest BCUT2D eigenvalue weighted by molar-refractivity contribution is 7.89. The van der Waals surface area contributed by atoms with Crippen molar-refractivity contribution < 1.29 is 18.1 Å². The molecule has 1 unspecified atom stereocenters. The third kappa shape index (κ3) is 4.64. The van der Waals surface area contributed by atoms with Crippen molar-refractivity contribution >= 4 is 28.1 Å². The van der Waals surface area contributed by atoms with Gasteiger partial charge in [0.05, 0.1) is 22.0 Å². The van der Waals surface area contributed by atoms with Crippen molar-refractivity contribution in [2.75, 3.05) is 26.8 Å². The second-order valence-corrected chi connectivity index (χ2v) is 7.54. The Hall–Kier alpha value is -1.26. The van der Waals surface area contributed by atoms with Gasteiger partial charge in [0.1, 0.15) is 0 Å². The Kier molecular flexibility index (Phi) is 7.11. The molecule has 10 heteroatoms. The molecule has 136 valence electrons. The topological polar surface area (TPSA) is 111 Å². The molecule has 2 rings (SSSR count). The molecule has 0 amide bonds. The summed E-state index contributed by atoms with van der Waals surface area (Å²) in [6.45, 7) is 2.96. The number of sulfonamides is 1. The largest absolute Gasteiger partial charge is 0.383 e. The lowest BCUT2D eigenvalue weighted by molar-refractivity contribution is -0.385. The van der Waals surface area contributed by atoms with E-state index < -0.39 is 20.5 Å². The van der Waals surface area contributed by atoms with Crippen LogP contribution in [0.4, 0.5) is 5.69 Å². The number of rotatable bonds is 7. The van der Waals surface area contributed by atoms with Gasteiger partial charge in [0, 0.05) is 25.3 Å². The zero-order valence-electron chi connectivity index (χ0n) is 13.6. The van der Waals surface area contributed by atoms with Gasteiger partial charge >= 0.3 is 0 Å². The van der Waals surface area contributed by atoms with Crippen LogP contribution in [0.1, 0.15) is 18.4 Å². The average molecular weight is 380 g/mol. The van der Waals surface area contributed by atoms with Gasteiger partial charge in [-0.1, -0.05) is 0 Å². The van der Waals surface area contributed by atoms with Gasteiger partial charge in [-0.2, -0.15) is 0 Å². The van der Waals surface area contributed by atoms with Gasteiger partial charge in [0.15, 0.2) is 0 Å². The van der Waals surface area contributed by atoms with E-state index in [9.17, 15) is 18.5 Å². The van der Waals surface area contributed by atoms with E-state index in [1.807, 2.05) is 0 Å². The quantitative estimate of drug-likeness (QED) is 0.546. The van der Waals surface area contributed by atoms with E-state index in [2.05, 4.69) is 10.0 Å². The van der Waals surface area contributed by atoms with E-state index in [4.69, 9.17) is 4.74 Å². The van der Waals surface area contributed by atoms with Crippen molar-refractivity contribution in [3.63, 3.8) is 0 Å². The molecule has 1 atom stereocenters. The van der Waals surface area contributed by atoms with Crippen LogP contribution in [0.15, 0.2) is 23.1 Å². The maximum atomic E-state index is 12.4. The number of halogens is 1. The van der Waals surface area contributed by atoms with E-state index in [1.54, 1.807) is 7.11 Å². The fourth-order valence-electron chi connectivity index (χ4n) is 2.79. The summed E-state index contributed by atoms with van der Waals surface area (Å²) in [5.41, 5.74) is -0.196. The highest BCUT2D eigenvalue weighted by atomic mass is 35.5. The first-order valence-corrected chi connectivity index (χ1v) is 8.77. The van der Waals surface area contributed by atoms with Crippen molar-refractivity contribution in [2.24, 2.45) is 0 Å². The van der Waals surface area contributed by atoms with Crippen LogP contribution < -0.4 is 10.0 Å². The number of ether oxygens (including phenoxy) is 1. The molecule has 8 nitrogen and oxygen atoms in total. The van der Waals surface area contributed by atoms with E-state index >= 15 is 0 Å². The Morgan fingerprint density at radius 2 is 2.17 bits per heavy atom. The third-order valence-corrected chi connectivity index (χ3v) is 5.43. The van der Waals surface area contributed by atoms with E-state index in [-0.39, 0.29) is 29.5 Å². The number of nitrogens with one attached hydrogen (secondary N) is 2. The number of methoxy groups -OCH3 is 1. The van der Waals surface area contributed by atoms with Gasteiger partial charge in [-0.25, -0.2) is 13.1 Å². The van der Waals surface area contributed by atoms with Gasteiger partial charge in [-0.05, 0) is 38.4 Å². The summed E-state index contributed by atoms with van der Waals surface area (Å²) in [5.74, 6) is 0. The maximum absolute atomic E-state index is 12.4. The summed E-state index contributed by atoms with van der Waals surface area (Å²) in [4.78, 5) is 10.3. The summed E-state index contributed by atoms with van der Waals surface area (Å²) in [7, 11) is -2.16. The van der Waals surface area contributed by atoms with E-state index in [1.165, 1.54) is 25.1 Å². The Bertz CT molecular complexity index is 690. The molecule has 1 aromatic rings. The van der Waals surface area contributed by atoms with Crippen molar-refractivity contribution in [1.29, 1.82) is 0 Å². The van der Waals surface area contributed by atoms with Gasteiger partial charge in [-0.15, -0.1) is 12.4 Å². The number of hydrogen-bond donors (Lipinski definition) is 2. The number of nitro benzene ring substituents is 1.